The smallest absolute Gasteiger partial charge is 0.394 e. The molecule has 1 aliphatic rings. The molecule has 3 atom stereocenters. The van der Waals surface area contributed by atoms with E-state index in [1.54, 1.807) is 12.1 Å². The summed E-state index contributed by atoms with van der Waals surface area (Å²) in [6.45, 7) is 5.93. The molecule has 0 aliphatic carbocycles. The zero-order valence-electron chi connectivity index (χ0n) is 19.6. The van der Waals surface area contributed by atoms with Crippen molar-refractivity contribution < 1.29 is 27.1 Å². The Morgan fingerprint density at radius 1 is 1.34 bits per heavy atom. The van der Waals surface area contributed by atoms with Crippen LogP contribution in [-0.4, -0.2) is 54.1 Å². The van der Waals surface area contributed by atoms with E-state index >= 15 is 0 Å². The topological polar surface area (TPSA) is 61.3 Å². The molecule has 0 bridgehead atoms. The van der Waals surface area contributed by atoms with Crippen LogP contribution in [0.15, 0.2) is 36.0 Å². The van der Waals surface area contributed by atoms with Crippen LogP contribution in [0.5, 0.6) is 0 Å². The molecule has 2 aromatic heterocycles. The summed E-state index contributed by atoms with van der Waals surface area (Å²) in [7, 11) is 5.21. The number of anilines is 2. The van der Waals surface area contributed by atoms with Gasteiger partial charge >= 0.3 is 6.18 Å². The average molecular weight is 512 g/mol. The summed E-state index contributed by atoms with van der Waals surface area (Å²) in [4.78, 5) is 9.77. The first-order chi connectivity index (χ1) is 16.0. The molecule has 2 N–H and O–H groups in total. The molecule has 3 unspecified atom stereocenters. The average Bonchev–Trinajstić information content (AvgIpc) is 2.73. The third-order valence-corrected chi connectivity index (χ3v) is 6.67. The van der Waals surface area contributed by atoms with Crippen molar-refractivity contribution in [3.63, 3.8) is 0 Å². The number of rotatable bonds is 6. The van der Waals surface area contributed by atoms with Gasteiger partial charge in [-0.25, -0.2) is 13.8 Å². The first kappa shape index (κ1) is 27.1. The normalized spacial score (nSPS) is 20.7. The third-order valence-electron chi connectivity index (χ3n) is 5.73. The largest absolute Gasteiger partial charge is 0.418 e. The van der Waals surface area contributed by atoms with Crippen LogP contribution >= 0.6 is 10.5 Å². The maximum atomic E-state index is 14.1. The van der Waals surface area contributed by atoms with Crippen LogP contribution < -0.4 is 10.2 Å². The second kappa shape index (κ2) is 9.53. The fraction of sp³-hybridized carbons (Fsp3) is 0.435. The molecule has 188 valence electrons. The zero-order chi connectivity index (χ0) is 26.3. The number of hydrogen-bond donors (Lipinski definition) is 2. The minimum atomic E-state index is -4.89. The van der Waals surface area contributed by atoms with E-state index in [0.29, 0.717) is 10.7 Å². The van der Waals surface area contributed by atoms with Crippen molar-refractivity contribution in [2.45, 2.75) is 42.9 Å². The molecule has 0 aromatic carbocycles. The molecule has 5 nitrogen and oxygen atoms in total. The van der Waals surface area contributed by atoms with Crippen molar-refractivity contribution in [1.82, 2.24) is 9.97 Å². The number of hydrogen-bond acceptors (Lipinski definition) is 5. The number of aromatic nitrogens is 2. The van der Waals surface area contributed by atoms with E-state index in [9.17, 15) is 27.1 Å². The van der Waals surface area contributed by atoms with Crippen molar-refractivity contribution in [2.24, 2.45) is 5.92 Å². The van der Waals surface area contributed by atoms with E-state index in [1.165, 1.54) is 18.0 Å². The third kappa shape index (κ3) is 6.03. The molecule has 2 radical (unpaired) electrons. The predicted octanol–water partition coefficient (Wildman–Crippen LogP) is 5.08. The van der Waals surface area contributed by atoms with E-state index in [1.807, 2.05) is 6.26 Å². The van der Waals surface area contributed by atoms with Crippen LogP contribution in [0, 0.1) is 5.92 Å². The number of alkyl halides is 5. The summed E-state index contributed by atoms with van der Waals surface area (Å²) in [5, 5.41) is 13.9. The van der Waals surface area contributed by atoms with Crippen LogP contribution in [0.3, 0.4) is 0 Å². The van der Waals surface area contributed by atoms with Gasteiger partial charge in [0.05, 0.1) is 21.8 Å². The monoisotopic (exact) mass is 512 g/mol. The number of pyridine rings is 2. The fourth-order valence-corrected chi connectivity index (χ4v) is 4.34. The number of nitrogens with one attached hydrogen (secondary N) is 1. The first-order valence-corrected chi connectivity index (χ1v) is 12.5. The minimum Gasteiger partial charge on any atom is -0.394 e. The van der Waals surface area contributed by atoms with Crippen LogP contribution in [0.2, 0.25) is 0 Å². The highest BCUT2D eigenvalue weighted by atomic mass is 32.2. The van der Waals surface area contributed by atoms with E-state index < -0.39 is 51.7 Å². The Morgan fingerprint density at radius 2 is 2.00 bits per heavy atom. The van der Waals surface area contributed by atoms with Gasteiger partial charge in [-0.15, -0.1) is 10.5 Å². The maximum absolute atomic E-state index is 14.1. The van der Waals surface area contributed by atoms with Crippen LogP contribution in [0.1, 0.15) is 37.1 Å². The van der Waals surface area contributed by atoms with Crippen molar-refractivity contribution in [3.05, 3.63) is 47.8 Å². The molecule has 0 saturated carbocycles. The summed E-state index contributed by atoms with van der Waals surface area (Å²) in [5.41, 5.74) is -3.96. The standard InChI is InChI=1S/C23H26BF5N4OS/c1-13-12-33(9-7-22(13,25)26)20-16(11-17(23(27,28)29)19(32-20)21(3,24)34)14(2)31-15-6-8-30-18(10-15)35(4)5/h6,8,10-11,13,34H,2,4,7,9,12H2,1,3,5H3,(H,30,31). The number of halogens is 5. The van der Waals surface area contributed by atoms with Gasteiger partial charge in [0.15, 0.2) is 0 Å². The van der Waals surface area contributed by atoms with E-state index in [0.717, 1.165) is 13.0 Å². The Hall–Kier alpha value is -2.47. The van der Waals surface area contributed by atoms with Gasteiger partial charge in [0.25, 0.3) is 5.92 Å². The van der Waals surface area contributed by atoms with Gasteiger partial charge in [-0.05, 0) is 31.4 Å². The lowest BCUT2D eigenvalue weighted by Gasteiger charge is -2.39. The second-order valence-corrected chi connectivity index (χ2v) is 10.6. The van der Waals surface area contributed by atoms with Gasteiger partial charge in [-0.2, -0.15) is 13.2 Å². The molecule has 0 spiro atoms. The van der Waals surface area contributed by atoms with Crippen molar-refractivity contribution in [2.75, 3.05) is 29.6 Å². The molecule has 2 aromatic rings. The van der Waals surface area contributed by atoms with Gasteiger partial charge < -0.3 is 15.3 Å². The SMILES string of the molecule is [B]C(C)(O)c1nc(N2CCC(F)(F)C(C)C2)c(C(=C)Nc2ccnc(S(=C)C)c2)cc1C(F)(F)F. The molecule has 3 heterocycles. The Morgan fingerprint density at radius 3 is 2.54 bits per heavy atom. The first-order valence-electron chi connectivity index (χ1n) is 10.7. The van der Waals surface area contributed by atoms with Gasteiger partial charge in [0, 0.05) is 48.6 Å². The molecule has 1 fully saturated rings. The number of nitrogens with zero attached hydrogens (tertiary/aromatic N) is 3. The Bertz CT molecular complexity index is 1150. The lowest BCUT2D eigenvalue weighted by atomic mass is 9.78. The highest BCUT2D eigenvalue weighted by Crippen LogP contribution is 2.42. The summed E-state index contributed by atoms with van der Waals surface area (Å²) in [5.74, 6) is -0.0867. The second-order valence-electron chi connectivity index (χ2n) is 8.88. The predicted molar refractivity (Wildman–Crippen MR) is 131 cm³/mol. The van der Waals surface area contributed by atoms with E-state index in [2.05, 4.69) is 27.7 Å². The minimum absolute atomic E-state index is 0.0275. The lowest BCUT2D eigenvalue weighted by Crippen LogP contribution is -2.46. The molecular weight excluding hydrogens is 486 g/mol. The van der Waals surface area contributed by atoms with Crippen molar-refractivity contribution in [1.29, 1.82) is 0 Å². The van der Waals surface area contributed by atoms with Gasteiger partial charge in [0.2, 0.25) is 0 Å². The summed E-state index contributed by atoms with van der Waals surface area (Å²) in [6.07, 6.45) is -2.00. The van der Waals surface area contributed by atoms with Crippen LogP contribution in [0.4, 0.5) is 33.5 Å². The molecule has 0 amide bonds. The molecule has 35 heavy (non-hydrogen) atoms. The van der Waals surface area contributed by atoms with Crippen molar-refractivity contribution >= 4 is 41.4 Å². The highest BCUT2D eigenvalue weighted by Gasteiger charge is 2.44. The number of piperidine rings is 1. The summed E-state index contributed by atoms with van der Waals surface area (Å²) in [6, 6.07) is 4.10. The Labute approximate surface area is 204 Å². The molecule has 1 saturated heterocycles. The molecular formula is C23H26BF5N4OS. The molecule has 1 aliphatic heterocycles. The fourth-order valence-electron chi connectivity index (χ4n) is 3.77. The lowest BCUT2D eigenvalue weighted by molar-refractivity contribution is -0.139. The Balaban J connectivity index is 2.14. The van der Waals surface area contributed by atoms with E-state index in [-0.39, 0.29) is 30.2 Å². The van der Waals surface area contributed by atoms with Gasteiger partial charge in [-0.1, -0.05) is 19.4 Å². The van der Waals surface area contributed by atoms with Crippen LogP contribution in [-0.2, 0) is 11.7 Å². The summed E-state index contributed by atoms with van der Waals surface area (Å²) < 4.78 is 70.1. The zero-order valence-corrected chi connectivity index (χ0v) is 20.4. The van der Waals surface area contributed by atoms with Gasteiger partial charge in [0.1, 0.15) is 13.7 Å². The quantitative estimate of drug-likeness (QED) is 0.321. The van der Waals surface area contributed by atoms with Gasteiger partial charge in [-0.3, -0.25) is 4.98 Å². The van der Waals surface area contributed by atoms with Crippen molar-refractivity contribution in [3.8, 4) is 0 Å². The highest BCUT2D eigenvalue weighted by molar-refractivity contribution is 8.13. The number of aliphatic hydroxyl groups is 1. The molecule has 12 heteroatoms. The maximum Gasteiger partial charge on any atom is 0.418 e. The van der Waals surface area contributed by atoms with E-state index in [4.69, 9.17) is 7.85 Å². The molecule has 3 rings (SSSR count). The van der Waals surface area contributed by atoms with Crippen LogP contribution in [0.25, 0.3) is 5.70 Å². The Kier molecular flexibility index (Phi) is 7.39. The summed E-state index contributed by atoms with van der Waals surface area (Å²) >= 11 is 0.